The topological polar surface area (TPSA) is 47.1 Å². The molecule has 0 fully saturated rings. The molecule has 1 unspecified atom stereocenters. The second-order valence-electron chi connectivity index (χ2n) is 4.58. The van der Waals surface area contributed by atoms with E-state index >= 15 is 0 Å². The summed E-state index contributed by atoms with van der Waals surface area (Å²) in [7, 11) is 4.07. The summed E-state index contributed by atoms with van der Waals surface area (Å²) >= 11 is 0. The SMILES string of the molecule is Cc1ccccc1N(C)C(CN)c1cncn1C. The number of imidazole rings is 1. The van der Waals surface area contributed by atoms with Gasteiger partial charge in [0.05, 0.1) is 24.3 Å². The van der Waals surface area contributed by atoms with E-state index < -0.39 is 0 Å². The van der Waals surface area contributed by atoms with Gasteiger partial charge in [0.25, 0.3) is 0 Å². The summed E-state index contributed by atoms with van der Waals surface area (Å²) in [6.45, 7) is 2.67. The number of anilines is 1. The van der Waals surface area contributed by atoms with Gasteiger partial charge in [-0.05, 0) is 18.6 Å². The number of nitrogens with two attached hydrogens (primary N) is 1. The maximum Gasteiger partial charge on any atom is 0.0946 e. The molecular weight excluding hydrogens is 224 g/mol. The van der Waals surface area contributed by atoms with E-state index in [1.54, 1.807) is 0 Å². The summed E-state index contributed by atoms with van der Waals surface area (Å²) in [6.07, 6.45) is 3.69. The van der Waals surface area contributed by atoms with Crippen LogP contribution in [0.1, 0.15) is 17.3 Å². The van der Waals surface area contributed by atoms with Gasteiger partial charge in [-0.1, -0.05) is 18.2 Å². The van der Waals surface area contributed by atoms with Gasteiger partial charge in [-0.15, -0.1) is 0 Å². The number of aryl methyl sites for hydroxylation is 2. The number of benzene rings is 1. The molecule has 0 aliphatic carbocycles. The number of hydrogen-bond donors (Lipinski definition) is 1. The van der Waals surface area contributed by atoms with Crippen molar-refractivity contribution >= 4 is 5.69 Å². The zero-order chi connectivity index (χ0) is 13.1. The number of nitrogens with zero attached hydrogens (tertiary/aromatic N) is 3. The van der Waals surface area contributed by atoms with Crippen LogP contribution >= 0.6 is 0 Å². The summed E-state index contributed by atoms with van der Waals surface area (Å²) in [6, 6.07) is 8.47. The first-order valence-corrected chi connectivity index (χ1v) is 6.10. The molecule has 0 bridgehead atoms. The number of likely N-dealkylation sites (N-methyl/N-ethyl adjacent to an activating group) is 1. The second-order valence-corrected chi connectivity index (χ2v) is 4.58. The van der Waals surface area contributed by atoms with Gasteiger partial charge in [0, 0.05) is 26.3 Å². The molecule has 2 aromatic rings. The summed E-state index contributed by atoms with van der Waals surface area (Å²) in [5.74, 6) is 0. The van der Waals surface area contributed by atoms with Gasteiger partial charge in [-0.3, -0.25) is 0 Å². The predicted octanol–water partition coefficient (Wildman–Crippen LogP) is 1.86. The lowest BCUT2D eigenvalue weighted by atomic mass is 10.1. The van der Waals surface area contributed by atoms with E-state index in [0.29, 0.717) is 6.54 Å². The average molecular weight is 244 g/mol. The summed E-state index contributed by atoms with van der Waals surface area (Å²) in [4.78, 5) is 6.38. The fourth-order valence-corrected chi connectivity index (χ4v) is 2.29. The molecule has 0 amide bonds. The van der Waals surface area contributed by atoms with Crippen LogP contribution in [-0.2, 0) is 7.05 Å². The molecule has 1 atom stereocenters. The average Bonchev–Trinajstić information content (AvgIpc) is 2.77. The van der Waals surface area contributed by atoms with Crippen molar-refractivity contribution in [2.75, 3.05) is 18.5 Å². The van der Waals surface area contributed by atoms with Crippen LogP contribution in [0.15, 0.2) is 36.8 Å². The first-order chi connectivity index (χ1) is 8.65. The molecule has 0 radical (unpaired) electrons. The minimum atomic E-state index is 0.138. The fraction of sp³-hybridized carbons (Fsp3) is 0.357. The van der Waals surface area contributed by atoms with Gasteiger partial charge in [0.2, 0.25) is 0 Å². The highest BCUT2D eigenvalue weighted by molar-refractivity contribution is 5.53. The van der Waals surface area contributed by atoms with Gasteiger partial charge in [0.1, 0.15) is 0 Å². The number of hydrogen-bond acceptors (Lipinski definition) is 3. The van der Waals surface area contributed by atoms with Gasteiger partial charge >= 0.3 is 0 Å². The molecule has 4 heteroatoms. The highest BCUT2D eigenvalue weighted by Gasteiger charge is 2.19. The second kappa shape index (κ2) is 5.23. The van der Waals surface area contributed by atoms with Crippen molar-refractivity contribution in [2.45, 2.75) is 13.0 Å². The molecule has 0 spiro atoms. The smallest absolute Gasteiger partial charge is 0.0946 e. The monoisotopic (exact) mass is 244 g/mol. The van der Waals surface area contributed by atoms with E-state index in [9.17, 15) is 0 Å². The molecule has 0 aliphatic rings. The Labute approximate surface area is 108 Å². The number of rotatable bonds is 4. The van der Waals surface area contributed by atoms with Crippen molar-refractivity contribution < 1.29 is 0 Å². The maximum atomic E-state index is 5.94. The quantitative estimate of drug-likeness (QED) is 0.893. The molecule has 2 N–H and O–H groups in total. The Morgan fingerprint density at radius 1 is 1.39 bits per heavy atom. The Bertz CT molecular complexity index is 518. The third-order valence-electron chi connectivity index (χ3n) is 3.38. The van der Waals surface area contributed by atoms with Crippen molar-refractivity contribution in [3.63, 3.8) is 0 Å². The van der Waals surface area contributed by atoms with Gasteiger partial charge in [-0.25, -0.2) is 4.98 Å². The largest absolute Gasteiger partial charge is 0.364 e. The molecule has 4 nitrogen and oxygen atoms in total. The third kappa shape index (κ3) is 2.24. The Balaban J connectivity index is 2.35. The van der Waals surface area contributed by atoms with Crippen molar-refractivity contribution in [1.82, 2.24) is 9.55 Å². The Morgan fingerprint density at radius 3 is 2.67 bits per heavy atom. The van der Waals surface area contributed by atoms with Crippen LogP contribution in [0.25, 0.3) is 0 Å². The summed E-state index contributed by atoms with van der Waals surface area (Å²) in [5, 5.41) is 0. The van der Waals surface area contributed by atoms with Crippen molar-refractivity contribution in [3.8, 4) is 0 Å². The van der Waals surface area contributed by atoms with Crippen molar-refractivity contribution in [1.29, 1.82) is 0 Å². The predicted molar refractivity (Wildman–Crippen MR) is 74.6 cm³/mol. The van der Waals surface area contributed by atoms with Crippen LogP contribution in [0, 0.1) is 6.92 Å². The van der Waals surface area contributed by atoms with E-state index in [0.717, 1.165) is 5.69 Å². The third-order valence-corrected chi connectivity index (χ3v) is 3.38. The van der Waals surface area contributed by atoms with E-state index in [1.165, 1.54) is 11.3 Å². The molecule has 96 valence electrons. The van der Waals surface area contributed by atoms with E-state index in [4.69, 9.17) is 5.73 Å². The highest BCUT2D eigenvalue weighted by atomic mass is 15.2. The molecule has 0 aliphatic heterocycles. The molecule has 1 heterocycles. The minimum Gasteiger partial charge on any atom is -0.364 e. The zero-order valence-corrected chi connectivity index (χ0v) is 11.2. The lowest BCUT2D eigenvalue weighted by Gasteiger charge is -2.30. The Morgan fingerprint density at radius 2 is 2.11 bits per heavy atom. The van der Waals surface area contributed by atoms with Crippen LogP contribution in [0.5, 0.6) is 0 Å². The normalized spacial score (nSPS) is 12.4. The first-order valence-electron chi connectivity index (χ1n) is 6.10. The molecule has 18 heavy (non-hydrogen) atoms. The van der Waals surface area contributed by atoms with E-state index in [1.807, 2.05) is 30.2 Å². The standard InChI is InChI=1S/C14H20N4/c1-11-6-4-5-7-12(11)18(3)13(8-15)14-9-16-10-17(14)2/h4-7,9-10,13H,8,15H2,1-3H3. The van der Waals surface area contributed by atoms with Gasteiger partial charge in [0.15, 0.2) is 0 Å². The van der Waals surface area contributed by atoms with Crippen LogP contribution < -0.4 is 10.6 Å². The number of aromatic nitrogens is 2. The van der Waals surface area contributed by atoms with E-state index in [-0.39, 0.29) is 6.04 Å². The van der Waals surface area contributed by atoms with Crippen molar-refractivity contribution in [2.24, 2.45) is 12.8 Å². The lowest BCUT2D eigenvalue weighted by molar-refractivity contribution is 0.628. The van der Waals surface area contributed by atoms with Crippen LogP contribution in [-0.4, -0.2) is 23.1 Å². The van der Waals surface area contributed by atoms with Crippen LogP contribution in [0.4, 0.5) is 5.69 Å². The van der Waals surface area contributed by atoms with Crippen LogP contribution in [0.3, 0.4) is 0 Å². The highest BCUT2D eigenvalue weighted by Crippen LogP contribution is 2.26. The first kappa shape index (κ1) is 12.6. The van der Waals surface area contributed by atoms with Crippen LogP contribution in [0.2, 0.25) is 0 Å². The van der Waals surface area contributed by atoms with Gasteiger partial charge < -0.3 is 15.2 Å². The molecule has 2 rings (SSSR count). The summed E-state index contributed by atoms with van der Waals surface area (Å²) in [5.41, 5.74) is 9.52. The fourth-order valence-electron chi connectivity index (χ4n) is 2.29. The molecule has 0 saturated heterocycles. The molecule has 1 aromatic carbocycles. The summed E-state index contributed by atoms with van der Waals surface area (Å²) < 4.78 is 2.02. The minimum absolute atomic E-state index is 0.138. The van der Waals surface area contributed by atoms with E-state index in [2.05, 4.69) is 42.1 Å². The lowest BCUT2D eigenvalue weighted by Crippen LogP contribution is -2.32. The molecule has 0 saturated carbocycles. The number of para-hydroxylation sites is 1. The molecular formula is C14H20N4. The maximum absolute atomic E-state index is 5.94. The Hall–Kier alpha value is -1.81. The Kier molecular flexibility index (Phi) is 3.67. The zero-order valence-electron chi connectivity index (χ0n) is 11.2. The van der Waals surface area contributed by atoms with Gasteiger partial charge in [-0.2, -0.15) is 0 Å². The van der Waals surface area contributed by atoms with Crippen molar-refractivity contribution in [3.05, 3.63) is 48.0 Å². The molecule has 1 aromatic heterocycles.